The normalized spacial score (nSPS) is 10.2. The van der Waals surface area contributed by atoms with Gasteiger partial charge in [0.15, 0.2) is 5.15 Å². The number of hydrogen-bond donors (Lipinski definition) is 0. The highest BCUT2D eigenvalue weighted by molar-refractivity contribution is 6.31. The van der Waals surface area contributed by atoms with Gasteiger partial charge in [0.25, 0.3) is 0 Å². The Morgan fingerprint density at radius 1 is 1.41 bits per heavy atom. The molecule has 0 aliphatic heterocycles. The first-order chi connectivity index (χ1) is 8.19. The summed E-state index contributed by atoms with van der Waals surface area (Å²) in [6.07, 6.45) is 0.696. The van der Waals surface area contributed by atoms with Gasteiger partial charge in [-0.25, -0.2) is 4.68 Å². The lowest BCUT2D eigenvalue weighted by Gasteiger charge is -2.06. The maximum absolute atomic E-state index is 9.07. The number of para-hydroxylation sites is 1. The van der Waals surface area contributed by atoms with Gasteiger partial charge >= 0.3 is 0 Å². The highest BCUT2D eigenvalue weighted by atomic mass is 35.5. The fraction of sp³-hybridized carbons (Fsp3) is 0.231. The molecule has 86 valence electrons. The van der Waals surface area contributed by atoms with Crippen molar-refractivity contribution >= 4 is 11.6 Å². The minimum Gasteiger partial charge on any atom is -0.220 e. The summed E-state index contributed by atoms with van der Waals surface area (Å²) in [7, 11) is 0. The number of nitrogens with zero attached hydrogens (tertiary/aromatic N) is 3. The standard InChI is InChI=1S/C13H12ClN3/c1-3-11-10(8-15)13(14)17(16-11)12-7-5-4-6-9(12)2/h4-7H,3H2,1-2H3. The number of benzene rings is 1. The molecule has 4 heteroatoms. The number of aryl methyl sites for hydroxylation is 2. The van der Waals surface area contributed by atoms with Gasteiger partial charge < -0.3 is 0 Å². The first-order valence-corrected chi connectivity index (χ1v) is 5.80. The zero-order valence-electron chi connectivity index (χ0n) is 9.74. The Kier molecular flexibility index (Phi) is 3.16. The van der Waals surface area contributed by atoms with Crippen LogP contribution in [0.25, 0.3) is 5.69 Å². The minimum absolute atomic E-state index is 0.388. The number of hydrogen-bond acceptors (Lipinski definition) is 2. The van der Waals surface area contributed by atoms with E-state index in [-0.39, 0.29) is 0 Å². The van der Waals surface area contributed by atoms with Crippen LogP contribution in [0.3, 0.4) is 0 Å². The first-order valence-electron chi connectivity index (χ1n) is 5.42. The lowest BCUT2D eigenvalue weighted by molar-refractivity contribution is 0.836. The van der Waals surface area contributed by atoms with Gasteiger partial charge in [0, 0.05) is 0 Å². The third kappa shape index (κ3) is 1.92. The van der Waals surface area contributed by atoms with Crippen molar-refractivity contribution in [3.05, 3.63) is 46.2 Å². The van der Waals surface area contributed by atoms with E-state index in [2.05, 4.69) is 11.2 Å². The van der Waals surface area contributed by atoms with E-state index in [1.165, 1.54) is 0 Å². The molecule has 0 N–H and O–H groups in total. The number of rotatable bonds is 2. The van der Waals surface area contributed by atoms with Crippen LogP contribution in [0.4, 0.5) is 0 Å². The molecule has 0 spiro atoms. The summed E-state index contributed by atoms with van der Waals surface area (Å²) in [5, 5.41) is 13.9. The molecular formula is C13H12ClN3. The van der Waals surface area contributed by atoms with Crippen LogP contribution in [0.1, 0.15) is 23.7 Å². The van der Waals surface area contributed by atoms with Crippen molar-refractivity contribution in [2.24, 2.45) is 0 Å². The topological polar surface area (TPSA) is 41.6 Å². The largest absolute Gasteiger partial charge is 0.220 e. The molecule has 0 amide bonds. The quantitative estimate of drug-likeness (QED) is 0.815. The molecule has 0 atom stereocenters. The van der Waals surface area contributed by atoms with Gasteiger partial charge in [-0.05, 0) is 25.0 Å². The average molecular weight is 246 g/mol. The highest BCUT2D eigenvalue weighted by Crippen LogP contribution is 2.24. The summed E-state index contributed by atoms with van der Waals surface area (Å²) in [4.78, 5) is 0. The molecule has 1 aromatic carbocycles. The van der Waals surface area contributed by atoms with E-state index in [0.717, 1.165) is 16.9 Å². The molecule has 0 radical (unpaired) electrons. The number of aromatic nitrogens is 2. The number of halogens is 1. The summed E-state index contributed by atoms with van der Waals surface area (Å²) in [5.41, 5.74) is 3.19. The zero-order valence-corrected chi connectivity index (χ0v) is 10.5. The van der Waals surface area contributed by atoms with Crippen molar-refractivity contribution in [3.63, 3.8) is 0 Å². The van der Waals surface area contributed by atoms with E-state index in [1.807, 2.05) is 38.1 Å². The molecule has 0 saturated heterocycles. The monoisotopic (exact) mass is 245 g/mol. The maximum atomic E-state index is 9.07. The zero-order chi connectivity index (χ0) is 12.4. The molecule has 2 rings (SSSR count). The molecule has 1 heterocycles. The van der Waals surface area contributed by atoms with Crippen molar-refractivity contribution < 1.29 is 0 Å². The lowest BCUT2D eigenvalue weighted by atomic mass is 10.2. The van der Waals surface area contributed by atoms with Crippen LogP contribution in [0.5, 0.6) is 0 Å². The minimum atomic E-state index is 0.388. The van der Waals surface area contributed by atoms with Gasteiger partial charge in [0.2, 0.25) is 0 Å². The van der Waals surface area contributed by atoms with Crippen LogP contribution in [-0.4, -0.2) is 9.78 Å². The van der Waals surface area contributed by atoms with Crippen molar-refractivity contribution in [1.82, 2.24) is 9.78 Å². The fourth-order valence-corrected chi connectivity index (χ4v) is 2.04. The molecule has 0 bridgehead atoms. The third-order valence-electron chi connectivity index (χ3n) is 2.69. The van der Waals surface area contributed by atoms with E-state index in [9.17, 15) is 0 Å². The van der Waals surface area contributed by atoms with Crippen LogP contribution < -0.4 is 0 Å². The Morgan fingerprint density at radius 3 is 2.65 bits per heavy atom. The third-order valence-corrected chi connectivity index (χ3v) is 3.04. The van der Waals surface area contributed by atoms with Gasteiger partial charge in [0.05, 0.1) is 11.4 Å². The van der Waals surface area contributed by atoms with Gasteiger partial charge in [-0.3, -0.25) is 0 Å². The predicted molar refractivity (Wildman–Crippen MR) is 67.4 cm³/mol. The van der Waals surface area contributed by atoms with E-state index in [0.29, 0.717) is 17.1 Å². The van der Waals surface area contributed by atoms with E-state index >= 15 is 0 Å². The van der Waals surface area contributed by atoms with Crippen LogP contribution >= 0.6 is 11.6 Å². The van der Waals surface area contributed by atoms with Gasteiger partial charge in [-0.15, -0.1) is 0 Å². The molecule has 0 fully saturated rings. The molecule has 0 unspecified atom stereocenters. The molecule has 17 heavy (non-hydrogen) atoms. The maximum Gasteiger partial charge on any atom is 0.150 e. The Bertz CT molecular complexity index is 593. The van der Waals surface area contributed by atoms with E-state index < -0.39 is 0 Å². The summed E-state index contributed by atoms with van der Waals surface area (Å²) < 4.78 is 1.63. The van der Waals surface area contributed by atoms with Gasteiger partial charge in [-0.2, -0.15) is 10.4 Å². The van der Waals surface area contributed by atoms with Crippen LogP contribution in [0.15, 0.2) is 24.3 Å². The first kappa shape index (κ1) is 11.7. The molecule has 2 aromatic rings. The summed E-state index contributed by atoms with van der Waals surface area (Å²) >= 11 is 6.19. The van der Waals surface area contributed by atoms with Crippen molar-refractivity contribution in [3.8, 4) is 11.8 Å². The fourth-order valence-electron chi connectivity index (χ4n) is 1.76. The molecule has 0 aliphatic carbocycles. The van der Waals surface area contributed by atoms with Crippen molar-refractivity contribution in [2.75, 3.05) is 0 Å². The van der Waals surface area contributed by atoms with E-state index in [4.69, 9.17) is 16.9 Å². The highest BCUT2D eigenvalue weighted by Gasteiger charge is 2.16. The molecular weight excluding hydrogens is 234 g/mol. The number of nitriles is 1. The Labute approximate surface area is 105 Å². The molecule has 3 nitrogen and oxygen atoms in total. The average Bonchev–Trinajstić information content (AvgIpc) is 2.66. The summed E-state index contributed by atoms with van der Waals surface area (Å²) in [6, 6.07) is 9.93. The second-order valence-electron chi connectivity index (χ2n) is 3.78. The van der Waals surface area contributed by atoms with Gasteiger partial charge in [-0.1, -0.05) is 36.7 Å². The lowest BCUT2D eigenvalue weighted by Crippen LogP contribution is -1.99. The van der Waals surface area contributed by atoms with Crippen LogP contribution in [0, 0.1) is 18.3 Å². The second kappa shape index (κ2) is 4.60. The molecule has 0 saturated carbocycles. The van der Waals surface area contributed by atoms with Crippen molar-refractivity contribution in [2.45, 2.75) is 20.3 Å². The smallest absolute Gasteiger partial charge is 0.150 e. The Hall–Kier alpha value is -1.79. The van der Waals surface area contributed by atoms with Gasteiger partial charge in [0.1, 0.15) is 11.6 Å². The Morgan fingerprint density at radius 2 is 2.12 bits per heavy atom. The second-order valence-corrected chi connectivity index (χ2v) is 4.13. The SMILES string of the molecule is CCc1nn(-c2ccccc2C)c(Cl)c1C#N. The molecule has 0 aliphatic rings. The van der Waals surface area contributed by atoms with Crippen molar-refractivity contribution in [1.29, 1.82) is 5.26 Å². The summed E-state index contributed by atoms with van der Waals surface area (Å²) in [6.45, 7) is 3.95. The molecule has 1 aromatic heterocycles. The predicted octanol–water partition coefficient (Wildman–Crippen LogP) is 3.27. The Balaban J connectivity index is 2.66. The summed E-state index contributed by atoms with van der Waals surface area (Å²) in [5.74, 6) is 0. The van der Waals surface area contributed by atoms with Crippen LogP contribution in [0.2, 0.25) is 5.15 Å². The van der Waals surface area contributed by atoms with Crippen LogP contribution in [-0.2, 0) is 6.42 Å². The van der Waals surface area contributed by atoms with E-state index in [1.54, 1.807) is 4.68 Å².